The van der Waals surface area contributed by atoms with Gasteiger partial charge in [0.2, 0.25) is 0 Å². The second kappa shape index (κ2) is 22.9. The van der Waals surface area contributed by atoms with Gasteiger partial charge in [0.15, 0.2) is 0 Å². The molecule has 1 radical (unpaired) electrons. The standard InChI is InChI=1S/C8H9.3CH2O.Mn/c1-3-8-5-4-7(2)6-8;3*1-2;/h3-6H,1H2,2H3;3*1H2;/q-1;;;;. The Morgan fingerprint density at radius 3 is 1.67 bits per heavy atom. The minimum atomic E-state index is 0. The minimum absolute atomic E-state index is 0. The first-order valence-electron chi connectivity index (χ1n) is 3.55. The maximum atomic E-state index is 8.00. The van der Waals surface area contributed by atoms with E-state index in [1.807, 2.05) is 26.4 Å². The van der Waals surface area contributed by atoms with Crippen LogP contribution in [0.3, 0.4) is 0 Å². The SMILES string of the molecule is C=C[c-]1ccc(C)c1.C=O.C=O.C=O.[Mn]. The third kappa shape index (κ3) is 15.4. The third-order valence-electron chi connectivity index (χ3n) is 1.17. The van der Waals surface area contributed by atoms with E-state index in [4.69, 9.17) is 14.4 Å². The van der Waals surface area contributed by atoms with Crippen LogP contribution < -0.4 is 0 Å². The molecule has 1 aromatic carbocycles. The van der Waals surface area contributed by atoms with E-state index in [9.17, 15) is 0 Å². The molecule has 0 aliphatic rings. The first-order chi connectivity index (χ1) is 6.83. The van der Waals surface area contributed by atoms with Crippen molar-refractivity contribution in [2.75, 3.05) is 0 Å². The Morgan fingerprint density at radius 2 is 1.53 bits per heavy atom. The van der Waals surface area contributed by atoms with Gasteiger partial charge in [-0.25, -0.2) is 0 Å². The quantitative estimate of drug-likeness (QED) is 0.564. The molecule has 1 aromatic rings. The van der Waals surface area contributed by atoms with Crippen LogP contribution in [-0.2, 0) is 31.5 Å². The van der Waals surface area contributed by atoms with Crippen molar-refractivity contribution in [3.8, 4) is 0 Å². The van der Waals surface area contributed by atoms with E-state index in [1.165, 1.54) is 11.1 Å². The summed E-state index contributed by atoms with van der Waals surface area (Å²) < 4.78 is 0. The Morgan fingerprint density at radius 1 is 1.13 bits per heavy atom. The molecule has 0 fully saturated rings. The first-order valence-corrected chi connectivity index (χ1v) is 3.55. The van der Waals surface area contributed by atoms with Crippen molar-refractivity contribution in [1.29, 1.82) is 0 Å². The van der Waals surface area contributed by atoms with E-state index in [0.717, 1.165) is 0 Å². The van der Waals surface area contributed by atoms with Crippen LogP contribution >= 0.6 is 0 Å². The van der Waals surface area contributed by atoms with Crippen molar-refractivity contribution < 1.29 is 31.5 Å². The van der Waals surface area contributed by atoms with Crippen LogP contribution in [0.25, 0.3) is 6.08 Å². The number of hydrogen-bond donors (Lipinski definition) is 0. The summed E-state index contributed by atoms with van der Waals surface area (Å²) in [6.45, 7) is 11.7. The van der Waals surface area contributed by atoms with Gasteiger partial charge >= 0.3 is 0 Å². The van der Waals surface area contributed by atoms with Crippen molar-refractivity contribution in [3.05, 3.63) is 35.9 Å². The summed E-state index contributed by atoms with van der Waals surface area (Å²) in [5.74, 6) is 0. The predicted molar refractivity (Wildman–Crippen MR) is 58.2 cm³/mol. The molecule has 4 heteroatoms. The zero-order chi connectivity index (χ0) is 12.0. The molecule has 0 aliphatic carbocycles. The summed E-state index contributed by atoms with van der Waals surface area (Å²) in [7, 11) is 0. The zero-order valence-electron chi connectivity index (χ0n) is 8.74. The molecular weight excluding hydrogens is 235 g/mol. The molecule has 0 unspecified atom stereocenters. The fraction of sp³-hybridized carbons (Fsp3) is 0.0909. The summed E-state index contributed by atoms with van der Waals surface area (Å²) in [5, 5.41) is 0. The first kappa shape index (κ1) is 23.4. The fourth-order valence-electron chi connectivity index (χ4n) is 0.714. The zero-order valence-corrected chi connectivity index (χ0v) is 9.92. The molecule has 0 bridgehead atoms. The maximum Gasteiger partial charge on any atom is 0.106 e. The van der Waals surface area contributed by atoms with E-state index in [1.54, 1.807) is 0 Å². The molecule has 85 valence electrons. The molecule has 0 spiro atoms. The van der Waals surface area contributed by atoms with E-state index in [-0.39, 0.29) is 17.1 Å². The summed E-state index contributed by atoms with van der Waals surface area (Å²) in [4.78, 5) is 24.0. The molecule has 0 heterocycles. The molecule has 0 saturated carbocycles. The number of aryl methyl sites for hydroxylation is 1. The van der Waals surface area contributed by atoms with Gasteiger partial charge in [0, 0.05) is 17.1 Å². The van der Waals surface area contributed by atoms with Crippen molar-refractivity contribution in [1.82, 2.24) is 0 Å². The van der Waals surface area contributed by atoms with Crippen LogP contribution in [0.1, 0.15) is 11.1 Å². The summed E-state index contributed by atoms with van der Waals surface area (Å²) in [5.41, 5.74) is 2.52. The normalized spacial score (nSPS) is 5.67. The number of carbonyl (C=O) groups excluding carboxylic acids is 3. The van der Waals surface area contributed by atoms with Gasteiger partial charge in [0.25, 0.3) is 0 Å². The molecule has 15 heavy (non-hydrogen) atoms. The molecule has 0 N–H and O–H groups in total. The van der Waals surface area contributed by atoms with Crippen LogP contribution in [0, 0.1) is 6.92 Å². The second-order valence-corrected chi connectivity index (χ2v) is 1.93. The van der Waals surface area contributed by atoms with E-state index in [2.05, 4.69) is 31.7 Å². The fourth-order valence-corrected chi connectivity index (χ4v) is 0.714. The topological polar surface area (TPSA) is 51.2 Å². The molecule has 1 rings (SSSR count). The molecule has 0 aliphatic heterocycles. The van der Waals surface area contributed by atoms with Crippen LogP contribution in [0.5, 0.6) is 0 Å². The van der Waals surface area contributed by atoms with Crippen LogP contribution in [0.2, 0.25) is 0 Å². The summed E-state index contributed by atoms with van der Waals surface area (Å²) >= 11 is 0. The van der Waals surface area contributed by atoms with Gasteiger partial charge in [-0.2, -0.15) is 18.2 Å². The average molecular weight is 250 g/mol. The van der Waals surface area contributed by atoms with E-state index >= 15 is 0 Å². The maximum absolute atomic E-state index is 8.00. The number of hydrogen-bond acceptors (Lipinski definition) is 3. The molecule has 0 amide bonds. The number of rotatable bonds is 1. The Balaban J connectivity index is -0.0000000755. The third-order valence-corrected chi connectivity index (χ3v) is 1.17. The van der Waals surface area contributed by atoms with Crippen molar-refractivity contribution >= 4 is 26.4 Å². The van der Waals surface area contributed by atoms with Crippen molar-refractivity contribution in [2.24, 2.45) is 0 Å². The monoisotopic (exact) mass is 250 g/mol. The molecule has 3 nitrogen and oxygen atoms in total. The van der Waals surface area contributed by atoms with Gasteiger partial charge < -0.3 is 14.4 Å². The summed E-state index contributed by atoms with van der Waals surface area (Å²) in [6, 6.07) is 6.24. The van der Waals surface area contributed by atoms with Gasteiger partial charge in [0.1, 0.15) is 20.4 Å². The van der Waals surface area contributed by atoms with Crippen LogP contribution in [0.15, 0.2) is 24.8 Å². The molecule has 0 atom stereocenters. The second-order valence-electron chi connectivity index (χ2n) is 1.93. The van der Waals surface area contributed by atoms with Gasteiger partial charge in [-0.15, -0.1) is 23.8 Å². The number of carbonyl (C=O) groups is 3. The van der Waals surface area contributed by atoms with Gasteiger partial charge in [-0.3, -0.25) is 0 Å². The smallest absolute Gasteiger partial charge is 0.106 e. The van der Waals surface area contributed by atoms with Crippen LogP contribution in [-0.4, -0.2) is 20.4 Å². The predicted octanol–water partition coefficient (Wildman–Crippen LogP) is 1.80. The van der Waals surface area contributed by atoms with Gasteiger partial charge in [-0.05, 0) is 0 Å². The molecule has 0 aromatic heterocycles. The Hall–Kier alpha value is -1.38. The molecule has 0 saturated heterocycles. The van der Waals surface area contributed by atoms with Crippen molar-refractivity contribution in [2.45, 2.75) is 6.92 Å². The average Bonchev–Trinajstić information content (AvgIpc) is 2.73. The Labute approximate surface area is 101 Å². The molecular formula is C11H15MnO3-. The summed E-state index contributed by atoms with van der Waals surface area (Å²) in [6.07, 6.45) is 1.85. The Kier molecular flexibility index (Phi) is 35.8. The van der Waals surface area contributed by atoms with Gasteiger partial charge in [0.05, 0.1) is 0 Å². The van der Waals surface area contributed by atoms with Crippen LogP contribution in [0.4, 0.5) is 0 Å². The largest absolute Gasteiger partial charge is 0.307 e. The van der Waals surface area contributed by atoms with Crippen molar-refractivity contribution in [3.63, 3.8) is 0 Å². The van der Waals surface area contributed by atoms with E-state index in [0.29, 0.717) is 0 Å². The minimum Gasteiger partial charge on any atom is -0.307 e. The Bertz CT molecular complexity index is 229. The van der Waals surface area contributed by atoms with E-state index < -0.39 is 0 Å². The van der Waals surface area contributed by atoms with Gasteiger partial charge in [-0.1, -0.05) is 6.92 Å².